The van der Waals surface area contributed by atoms with Crippen molar-refractivity contribution in [3.05, 3.63) is 35.9 Å². The summed E-state index contributed by atoms with van der Waals surface area (Å²) >= 11 is 0. The minimum Gasteiger partial charge on any atom is -0.481 e. The van der Waals surface area contributed by atoms with Gasteiger partial charge in [0.05, 0.1) is 6.42 Å². The number of carboxylic acids is 1. The maximum Gasteiger partial charge on any atom is 0.307 e. The van der Waals surface area contributed by atoms with Gasteiger partial charge in [-0.05, 0) is 5.56 Å². The summed E-state index contributed by atoms with van der Waals surface area (Å²) in [6.07, 6.45) is 0.112. The van der Waals surface area contributed by atoms with Crippen LogP contribution in [-0.4, -0.2) is 11.1 Å². The fourth-order valence-electron chi connectivity index (χ4n) is 0.770. The standard InChI is InChI=1S/C8H8O2.BrH/c9-8(10)6-7-4-2-1-3-5-7;/h1-5H,6H2,(H,9,10);1H. The van der Waals surface area contributed by atoms with Crippen molar-refractivity contribution in [3.63, 3.8) is 0 Å². The summed E-state index contributed by atoms with van der Waals surface area (Å²) in [5.74, 6) is -0.786. The van der Waals surface area contributed by atoms with Crippen LogP contribution < -0.4 is 0 Å². The SMILES string of the molecule is Br.O=C(O)Cc1ccccc1. The maximum absolute atomic E-state index is 10.2. The van der Waals surface area contributed by atoms with Crippen molar-refractivity contribution in [1.82, 2.24) is 0 Å². The fourth-order valence-corrected chi connectivity index (χ4v) is 0.770. The molecule has 0 atom stereocenters. The van der Waals surface area contributed by atoms with Crippen molar-refractivity contribution < 1.29 is 9.90 Å². The zero-order valence-electron chi connectivity index (χ0n) is 5.86. The van der Waals surface area contributed by atoms with E-state index in [1.165, 1.54) is 0 Å². The number of hydrogen-bond donors (Lipinski definition) is 1. The summed E-state index contributed by atoms with van der Waals surface area (Å²) in [4.78, 5) is 10.2. The molecule has 0 saturated carbocycles. The molecule has 0 unspecified atom stereocenters. The molecule has 0 aliphatic heterocycles. The molecule has 1 aromatic rings. The Morgan fingerprint density at radius 1 is 1.27 bits per heavy atom. The molecule has 0 aliphatic carbocycles. The van der Waals surface area contributed by atoms with Gasteiger partial charge in [-0.1, -0.05) is 30.3 Å². The Labute approximate surface area is 75.6 Å². The van der Waals surface area contributed by atoms with E-state index >= 15 is 0 Å². The quantitative estimate of drug-likeness (QED) is 0.821. The van der Waals surface area contributed by atoms with E-state index in [1.807, 2.05) is 18.2 Å². The monoisotopic (exact) mass is 216 g/mol. The molecule has 0 radical (unpaired) electrons. The topological polar surface area (TPSA) is 37.3 Å². The van der Waals surface area contributed by atoms with Crippen molar-refractivity contribution >= 4 is 23.0 Å². The normalized spacial score (nSPS) is 8.36. The van der Waals surface area contributed by atoms with Gasteiger partial charge in [0.15, 0.2) is 0 Å². The minimum atomic E-state index is -0.786. The van der Waals surface area contributed by atoms with E-state index in [1.54, 1.807) is 12.1 Å². The van der Waals surface area contributed by atoms with Gasteiger partial charge in [0.25, 0.3) is 0 Å². The van der Waals surface area contributed by atoms with Gasteiger partial charge in [-0.15, -0.1) is 17.0 Å². The molecule has 0 heterocycles. The molecule has 0 amide bonds. The maximum atomic E-state index is 10.2. The van der Waals surface area contributed by atoms with Gasteiger partial charge in [0, 0.05) is 0 Å². The lowest BCUT2D eigenvalue weighted by Gasteiger charge is -1.92. The lowest BCUT2D eigenvalue weighted by Crippen LogP contribution is -1.98. The highest BCUT2D eigenvalue weighted by molar-refractivity contribution is 8.93. The Bertz CT molecular complexity index is 221. The number of benzene rings is 1. The third-order valence-electron chi connectivity index (χ3n) is 1.20. The van der Waals surface area contributed by atoms with Crippen LogP contribution in [0, 0.1) is 0 Å². The van der Waals surface area contributed by atoms with Crippen LogP contribution in [0.4, 0.5) is 0 Å². The van der Waals surface area contributed by atoms with E-state index in [9.17, 15) is 4.79 Å². The first-order chi connectivity index (χ1) is 4.79. The Balaban J connectivity index is 0.000001000. The Kier molecular flexibility index (Phi) is 4.54. The molecule has 11 heavy (non-hydrogen) atoms. The highest BCUT2D eigenvalue weighted by Crippen LogP contribution is 1.98. The third kappa shape index (κ3) is 3.78. The van der Waals surface area contributed by atoms with Gasteiger partial charge < -0.3 is 5.11 Å². The molecule has 0 aliphatic rings. The van der Waals surface area contributed by atoms with Crippen molar-refractivity contribution in [1.29, 1.82) is 0 Å². The number of aliphatic carboxylic acids is 1. The van der Waals surface area contributed by atoms with Gasteiger partial charge in [-0.3, -0.25) is 4.79 Å². The molecule has 1 aromatic carbocycles. The van der Waals surface area contributed by atoms with Gasteiger partial charge in [-0.2, -0.15) is 0 Å². The average molecular weight is 217 g/mol. The highest BCUT2D eigenvalue weighted by Gasteiger charge is 1.96. The number of rotatable bonds is 2. The predicted molar refractivity (Wildman–Crippen MR) is 48.1 cm³/mol. The van der Waals surface area contributed by atoms with Crippen LogP contribution in [0.3, 0.4) is 0 Å². The predicted octanol–water partition coefficient (Wildman–Crippen LogP) is 1.89. The van der Waals surface area contributed by atoms with Crippen LogP contribution in [0.15, 0.2) is 30.3 Å². The van der Waals surface area contributed by atoms with Crippen molar-refractivity contribution in [2.45, 2.75) is 6.42 Å². The Morgan fingerprint density at radius 2 is 1.82 bits per heavy atom. The average Bonchev–Trinajstić information content (AvgIpc) is 1.88. The van der Waals surface area contributed by atoms with E-state index in [0.29, 0.717) is 0 Å². The first-order valence-electron chi connectivity index (χ1n) is 3.05. The molecular weight excluding hydrogens is 208 g/mol. The minimum absolute atomic E-state index is 0. The van der Waals surface area contributed by atoms with E-state index in [2.05, 4.69) is 0 Å². The highest BCUT2D eigenvalue weighted by atomic mass is 79.9. The van der Waals surface area contributed by atoms with Crippen LogP contribution in [0.2, 0.25) is 0 Å². The smallest absolute Gasteiger partial charge is 0.307 e. The summed E-state index contributed by atoms with van der Waals surface area (Å²) in [6.45, 7) is 0. The Morgan fingerprint density at radius 3 is 2.27 bits per heavy atom. The molecule has 1 rings (SSSR count). The van der Waals surface area contributed by atoms with Crippen molar-refractivity contribution in [2.75, 3.05) is 0 Å². The summed E-state index contributed by atoms with van der Waals surface area (Å²) in [6, 6.07) is 9.13. The second kappa shape index (κ2) is 4.91. The second-order valence-electron chi connectivity index (χ2n) is 2.06. The van der Waals surface area contributed by atoms with Gasteiger partial charge in [-0.25, -0.2) is 0 Å². The zero-order valence-corrected chi connectivity index (χ0v) is 7.57. The van der Waals surface area contributed by atoms with E-state index in [-0.39, 0.29) is 23.4 Å². The van der Waals surface area contributed by atoms with Crippen LogP contribution in [0.5, 0.6) is 0 Å². The molecule has 0 bridgehead atoms. The molecule has 2 nitrogen and oxygen atoms in total. The molecule has 0 fully saturated rings. The molecule has 60 valence electrons. The lowest BCUT2D eigenvalue weighted by molar-refractivity contribution is -0.136. The molecule has 0 aromatic heterocycles. The van der Waals surface area contributed by atoms with Crippen molar-refractivity contribution in [2.24, 2.45) is 0 Å². The number of halogens is 1. The molecule has 0 spiro atoms. The van der Waals surface area contributed by atoms with E-state index in [0.717, 1.165) is 5.56 Å². The van der Waals surface area contributed by atoms with E-state index < -0.39 is 5.97 Å². The zero-order chi connectivity index (χ0) is 7.40. The van der Waals surface area contributed by atoms with Gasteiger partial charge in [0.2, 0.25) is 0 Å². The lowest BCUT2D eigenvalue weighted by atomic mass is 10.2. The Hall–Kier alpha value is -0.830. The van der Waals surface area contributed by atoms with Crippen LogP contribution >= 0.6 is 17.0 Å². The molecule has 1 N–H and O–H groups in total. The first-order valence-corrected chi connectivity index (χ1v) is 3.05. The van der Waals surface area contributed by atoms with Gasteiger partial charge >= 0.3 is 5.97 Å². The fraction of sp³-hybridized carbons (Fsp3) is 0.125. The summed E-state index contributed by atoms with van der Waals surface area (Å²) < 4.78 is 0. The summed E-state index contributed by atoms with van der Waals surface area (Å²) in [5, 5.41) is 8.37. The van der Waals surface area contributed by atoms with Crippen molar-refractivity contribution in [3.8, 4) is 0 Å². The number of carboxylic acid groups (broad SMARTS) is 1. The molecular formula is C8H9BrO2. The first kappa shape index (κ1) is 10.2. The second-order valence-corrected chi connectivity index (χ2v) is 2.06. The van der Waals surface area contributed by atoms with E-state index in [4.69, 9.17) is 5.11 Å². The number of hydrogen-bond acceptors (Lipinski definition) is 1. The molecule has 0 saturated heterocycles. The van der Waals surface area contributed by atoms with Crippen LogP contribution in [0.25, 0.3) is 0 Å². The summed E-state index contributed by atoms with van der Waals surface area (Å²) in [7, 11) is 0. The largest absolute Gasteiger partial charge is 0.481 e. The van der Waals surface area contributed by atoms with Gasteiger partial charge in [0.1, 0.15) is 0 Å². The number of carbonyl (C=O) groups is 1. The third-order valence-corrected chi connectivity index (χ3v) is 1.20. The van der Waals surface area contributed by atoms with Crippen LogP contribution in [-0.2, 0) is 11.2 Å². The molecule has 3 heteroatoms. The summed E-state index contributed by atoms with van der Waals surface area (Å²) in [5.41, 5.74) is 0.843. The van der Waals surface area contributed by atoms with Crippen LogP contribution in [0.1, 0.15) is 5.56 Å².